The lowest BCUT2D eigenvalue weighted by Crippen LogP contribution is -2.36. The van der Waals surface area contributed by atoms with Crippen molar-refractivity contribution in [2.24, 2.45) is 10.9 Å². The van der Waals surface area contributed by atoms with Crippen molar-refractivity contribution < 1.29 is 13.9 Å². The summed E-state index contributed by atoms with van der Waals surface area (Å²) in [5, 5.41) is 6.60. The first-order valence-corrected chi connectivity index (χ1v) is 11.0. The van der Waals surface area contributed by atoms with Gasteiger partial charge < -0.3 is 24.5 Å². The fourth-order valence-electron chi connectivity index (χ4n) is 3.55. The highest BCUT2D eigenvalue weighted by molar-refractivity contribution is 14.0. The molecule has 0 spiro atoms. The van der Waals surface area contributed by atoms with E-state index in [0.717, 1.165) is 42.3 Å². The lowest BCUT2D eigenvalue weighted by atomic mass is 10.1. The van der Waals surface area contributed by atoms with E-state index < -0.39 is 0 Å². The largest absolute Gasteiger partial charge is 0.493 e. The average molecular weight is 562 g/mol. The maximum absolute atomic E-state index is 6.14. The number of nitrogens with one attached hydrogen (secondary N) is 2. The van der Waals surface area contributed by atoms with Gasteiger partial charge in [0.1, 0.15) is 5.75 Å². The van der Waals surface area contributed by atoms with Gasteiger partial charge in [-0.05, 0) is 25.0 Å². The summed E-state index contributed by atoms with van der Waals surface area (Å²) in [7, 11) is 1.74. The van der Waals surface area contributed by atoms with E-state index >= 15 is 0 Å². The Morgan fingerprint density at radius 3 is 2.73 bits per heavy atom. The molecule has 2 N–H and O–H groups in total. The van der Waals surface area contributed by atoms with Gasteiger partial charge in [0.15, 0.2) is 11.7 Å². The van der Waals surface area contributed by atoms with Crippen LogP contribution in [0.5, 0.6) is 5.75 Å². The molecule has 0 amide bonds. The summed E-state index contributed by atoms with van der Waals surface area (Å²) in [5.74, 6) is 3.39. The van der Waals surface area contributed by atoms with Crippen molar-refractivity contribution in [3.05, 3.63) is 71.7 Å². The number of halogens is 1. The van der Waals surface area contributed by atoms with Crippen LogP contribution in [0.15, 0.2) is 64.1 Å². The molecule has 1 aliphatic rings. The third kappa shape index (κ3) is 7.20. The van der Waals surface area contributed by atoms with Gasteiger partial charge in [-0.15, -0.1) is 24.0 Å². The number of hydrogen-bond acceptors (Lipinski definition) is 5. The Hall–Kier alpha value is -2.59. The van der Waals surface area contributed by atoms with Crippen LogP contribution >= 0.6 is 24.0 Å². The smallest absolute Gasteiger partial charge is 0.214 e. The van der Waals surface area contributed by atoms with E-state index in [1.54, 1.807) is 13.2 Å². The number of benzene rings is 2. The van der Waals surface area contributed by atoms with Gasteiger partial charge in [0, 0.05) is 37.2 Å². The molecule has 1 saturated heterocycles. The summed E-state index contributed by atoms with van der Waals surface area (Å²) < 4.78 is 17.4. The summed E-state index contributed by atoms with van der Waals surface area (Å²) in [6.07, 6.45) is 2.80. The van der Waals surface area contributed by atoms with E-state index in [1.165, 1.54) is 5.56 Å². The molecular formula is C25H31IN4O3. The Morgan fingerprint density at radius 1 is 1.15 bits per heavy atom. The number of aromatic nitrogens is 1. The minimum Gasteiger partial charge on any atom is -0.493 e. The molecule has 4 rings (SSSR count). The molecule has 2 heterocycles. The molecule has 3 aromatic rings. The molecule has 2 aromatic carbocycles. The maximum atomic E-state index is 6.14. The predicted molar refractivity (Wildman–Crippen MR) is 140 cm³/mol. The van der Waals surface area contributed by atoms with Crippen molar-refractivity contribution in [2.45, 2.75) is 26.4 Å². The van der Waals surface area contributed by atoms with Crippen LogP contribution in [-0.4, -0.2) is 37.8 Å². The summed E-state index contributed by atoms with van der Waals surface area (Å²) in [5.41, 5.74) is 3.26. The van der Waals surface area contributed by atoms with Crippen LogP contribution in [0, 0.1) is 12.8 Å². The molecule has 0 saturated carbocycles. The molecule has 1 aliphatic heterocycles. The summed E-state index contributed by atoms with van der Waals surface area (Å²) in [4.78, 5) is 8.67. The number of rotatable bonds is 8. The van der Waals surface area contributed by atoms with Crippen molar-refractivity contribution in [3.63, 3.8) is 0 Å². The van der Waals surface area contributed by atoms with Crippen molar-refractivity contribution in [3.8, 4) is 17.1 Å². The highest BCUT2D eigenvalue weighted by Crippen LogP contribution is 2.23. The van der Waals surface area contributed by atoms with Crippen molar-refractivity contribution in [2.75, 3.05) is 26.9 Å². The zero-order valence-electron chi connectivity index (χ0n) is 19.0. The van der Waals surface area contributed by atoms with Crippen molar-refractivity contribution >= 4 is 29.9 Å². The summed E-state index contributed by atoms with van der Waals surface area (Å²) >= 11 is 0. The summed E-state index contributed by atoms with van der Waals surface area (Å²) in [6, 6.07) is 16.2. The monoisotopic (exact) mass is 562 g/mol. The first-order valence-electron chi connectivity index (χ1n) is 11.0. The number of hydrogen-bond donors (Lipinski definition) is 2. The van der Waals surface area contributed by atoms with Gasteiger partial charge in [0.05, 0.1) is 26.0 Å². The van der Waals surface area contributed by atoms with Gasteiger partial charge in [-0.25, -0.2) is 4.98 Å². The predicted octanol–water partition coefficient (Wildman–Crippen LogP) is 4.55. The van der Waals surface area contributed by atoms with Crippen LogP contribution < -0.4 is 15.4 Å². The minimum absolute atomic E-state index is 0. The van der Waals surface area contributed by atoms with E-state index in [4.69, 9.17) is 13.9 Å². The fraction of sp³-hybridized carbons (Fsp3) is 0.360. The zero-order chi connectivity index (χ0) is 22.2. The number of guanidine groups is 1. The quantitative estimate of drug-likeness (QED) is 0.238. The van der Waals surface area contributed by atoms with E-state index in [2.05, 4.69) is 45.7 Å². The molecule has 1 unspecified atom stereocenters. The van der Waals surface area contributed by atoms with Gasteiger partial charge in [0.2, 0.25) is 5.89 Å². The average Bonchev–Trinajstić information content (AvgIpc) is 3.52. The number of aryl methyl sites for hydroxylation is 1. The molecule has 0 bridgehead atoms. The van der Waals surface area contributed by atoms with Crippen LogP contribution in [0.1, 0.15) is 23.4 Å². The van der Waals surface area contributed by atoms with E-state index in [0.29, 0.717) is 37.5 Å². The molecular weight excluding hydrogens is 531 g/mol. The lowest BCUT2D eigenvalue weighted by Gasteiger charge is -2.16. The van der Waals surface area contributed by atoms with E-state index in [9.17, 15) is 0 Å². The second kappa shape index (κ2) is 12.6. The van der Waals surface area contributed by atoms with Gasteiger partial charge in [-0.1, -0.05) is 42.5 Å². The number of oxazole rings is 1. The van der Waals surface area contributed by atoms with Crippen molar-refractivity contribution in [1.82, 2.24) is 15.6 Å². The number of aliphatic imine (C=N–C) groups is 1. The van der Waals surface area contributed by atoms with E-state index in [-0.39, 0.29) is 24.0 Å². The second-order valence-corrected chi connectivity index (χ2v) is 7.92. The van der Waals surface area contributed by atoms with Gasteiger partial charge in [-0.2, -0.15) is 0 Å². The number of ether oxygens (including phenoxy) is 2. The molecule has 33 heavy (non-hydrogen) atoms. The zero-order valence-corrected chi connectivity index (χ0v) is 21.4. The highest BCUT2D eigenvalue weighted by Gasteiger charge is 2.17. The Kier molecular flexibility index (Phi) is 9.56. The SMILES string of the molecule is CN=C(NCc1ncc(-c2ccccc2)o1)NCc1ccc(C)cc1OCC1CCOC1.I. The molecule has 0 aliphatic carbocycles. The van der Waals surface area contributed by atoms with Crippen LogP contribution in [0.3, 0.4) is 0 Å². The molecule has 7 nitrogen and oxygen atoms in total. The molecule has 1 aromatic heterocycles. The molecule has 176 valence electrons. The molecule has 1 atom stereocenters. The Morgan fingerprint density at radius 2 is 1.97 bits per heavy atom. The van der Waals surface area contributed by atoms with Gasteiger partial charge >= 0.3 is 0 Å². The Bertz CT molecular complexity index is 1030. The first kappa shape index (κ1) is 25.0. The highest BCUT2D eigenvalue weighted by atomic mass is 127. The van der Waals surface area contributed by atoms with Crippen molar-refractivity contribution in [1.29, 1.82) is 0 Å². The third-order valence-electron chi connectivity index (χ3n) is 5.41. The van der Waals surface area contributed by atoms with Crippen LogP contribution in [-0.2, 0) is 17.8 Å². The van der Waals surface area contributed by atoms with Gasteiger partial charge in [-0.3, -0.25) is 4.99 Å². The Balaban J connectivity index is 0.00000306. The lowest BCUT2D eigenvalue weighted by molar-refractivity contribution is 0.166. The van der Waals surface area contributed by atoms with Crippen LogP contribution in [0.2, 0.25) is 0 Å². The molecule has 1 fully saturated rings. The molecule has 0 radical (unpaired) electrons. The standard InChI is InChI=1S/C25H30N4O3.HI/c1-18-8-9-21(22(12-18)31-17-19-10-11-30-16-19)13-28-25(26-2)29-15-24-27-14-23(32-24)20-6-4-3-5-7-20;/h3-9,12,14,19H,10-11,13,15-17H2,1-2H3,(H2,26,28,29);1H. The van der Waals surface area contributed by atoms with E-state index in [1.807, 2.05) is 30.3 Å². The fourth-order valence-corrected chi connectivity index (χ4v) is 3.55. The Labute approximate surface area is 212 Å². The normalized spacial score (nSPS) is 15.7. The minimum atomic E-state index is 0. The molecule has 8 heteroatoms. The maximum Gasteiger partial charge on any atom is 0.214 e. The second-order valence-electron chi connectivity index (χ2n) is 7.92. The van der Waals surface area contributed by atoms with Crippen LogP contribution in [0.25, 0.3) is 11.3 Å². The third-order valence-corrected chi connectivity index (χ3v) is 5.41. The van der Waals surface area contributed by atoms with Crippen LogP contribution in [0.4, 0.5) is 0 Å². The summed E-state index contributed by atoms with van der Waals surface area (Å²) in [6.45, 7) is 5.39. The topological polar surface area (TPSA) is 80.9 Å². The first-order chi connectivity index (χ1) is 15.7. The van der Waals surface area contributed by atoms with Gasteiger partial charge in [0.25, 0.3) is 0 Å². The number of nitrogens with zero attached hydrogens (tertiary/aromatic N) is 2.